The molecule has 4 aliphatic rings. The molecular formula is C24H33N3O4. The quantitative estimate of drug-likeness (QED) is 0.592. The van der Waals surface area contributed by atoms with Gasteiger partial charge in [0.25, 0.3) is 5.91 Å². The Hall–Kier alpha value is -2.57. The largest absolute Gasteiger partial charge is 0.484 e. The standard InChI is InChI=1S/C24H33N3O4/c1-14(2)21(22(29)26-18-4-3-5-19(9-18)31-13-20(25)28)27-23(30)24-10-15-6-16(11-24)8-17(7-15)12-24/h3-5,9,14-17,21H,6-8,10-13H2,1-2H3,(H2,25,28)(H,26,29)(H,27,30)/t15?,16?,17?,21-,24?/m0/s1. The zero-order valence-electron chi connectivity index (χ0n) is 18.4. The van der Waals surface area contributed by atoms with Gasteiger partial charge >= 0.3 is 0 Å². The Labute approximate surface area is 183 Å². The molecule has 0 spiro atoms. The van der Waals surface area contributed by atoms with E-state index in [0.29, 0.717) is 29.2 Å². The molecule has 0 heterocycles. The maximum Gasteiger partial charge on any atom is 0.255 e. The minimum Gasteiger partial charge on any atom is -0.484 e. The summed E-state index contributed by atoms with van der Waals surface area (Å²) < 4.78 is 5.30. The van der Waals surface area contributed by atoms with Gasteiger partial charge in [0.15, 0.2) is 6.61 Å². The molecule has 31 heavy (non-hydrogen) atoms. The van der Waals surface area contributed by atoms with Gasteiger partial charge in [-0.2, -0.15) is 0 Å². The predicted octanol–water partition coefficient (Wildman–Crippen LogP) is 2.85. The summed E-state index contributed by atoms with van der Waals surface area (Å²) in [6, 6.07) is 6.18. The van der Waals surface area contributed by atoms with Gasteiger partial charge in [0.1, 0.15) is 11.8 Å². The van der Waals surface area contributed by atoms with E-state index in [9.17, 15) is 14.4 Å². The summed E-state index contributed by atoms with van der Waals surface area (Å²) in [7, 11) is 0. The topological polar surface area (TPSA) is 111 Å². The third kappa shape index (κ3) is 4.70. The van der Waals surface area contributed by atoms with Crippen LogP contribution in [-0.2, 0) is 14.4 Å². The highest BCUT2D eigenvalue weighted by atomic mass is 16.5. The van der Waals surface area contributed by atoms with Crippen molar-refractivity contribution in [2.75, 3.05) is 11.9 Å². The molecule has 0 unspecified atom stereocenters. The molecule has 1 atom stereocenters. The third-order valence-electron chi connectivity index (χ3n) is 7.24. The Morgan fingerprint density at radius 3 is 2.26 bits per heavy atom. The first-order valence-corrected chi connectivity index (χ1v) is 11.4. The van der Waals surface area contributed by atoms with E-state index < -0.39 is 11.9 Å². The Kier molecular flexibility index (Phi) is 5.95. The molecule has 1 aromatic rings. The number of benzene rings is 1. The lowest BCUT2D eigenvalue weighted by molar-refractivity contribution is -0.148. The van der Waals surface area contributed by atoms with Crippen LogP contribution in [0.3, 0.4) is 0 Å². The number of primary amides is 1. The summed E-state index contributed by atoms with van der Waals surface area (Å²) in [6.45, 7) is 3.65. The number of nitrogens with one attached hydrogen (secondary N) is 2. The van der Waals surface area contributed by atoms with Crippen molar-refractivity contribution < 1.29 is 19.1 Å². The van der Waals surface area contributed by atoms with Crippen molar-refractivity contribution in [2.24, 2.45) is 34.8 Å². The van der Waals surface area contributed by atoms with E-state index in [-0.39, 0.29) is 29.8 Å². The summed E-state index contributed by atoms with van der Waals surface area (Å²) in [5.74, 6) is 1.65. The van der Waals surface area contributed by atoms with E-state index in [1.54, 1.807) is 24.3 Å². The van der Waals surface area contributed by atoms with Crippen molar-refractivity contribution in [3.63, 3.8) is 0 Å². The lowest BCUT2D eigenvalue weighted by atomic mass is 9.49. The number of ether oxygens (including phenoxy) is 1. The Bertz CT molecular complexity index is 831. The van der Waals surface area contributed by atoms with Crippen molar-refractivity contribution in [3.8, 4) is 5.75 Å². The Morgan fingerprint density at radius 1 is 1.10 bits per heavy atom. The molecule has 4 bridgehead atoms. The van der Waals surface area contributed by atoms with E-state index in [2.05, 4.69) is 10.6 Å². The minimum atomic E-state index is -0.615. The zero-order chi connectivity index (χ0) is 22.2. The first-order valence-electron chi connectivity index (χ1n) is 11.4. The molecule has 0 aliphatic heterocycles. The lowest BCUT2D eigenvalue weighted by Gasteiger charge is -2.55. The summed E-state index contributed by atoms with van der Waals surface area (Å²) in [5, 5.41) is 5.99. The van der Waals surface area contributed by atoms with Crippen molar-refractivity contribution in [2.45, 2.75) is 58.4 Å². The Balaban J connectivity index is 1.42. The number of amides is 3. The van der Waals surface area contributed by atoms with Gasteiger partial charge in [-0.1, -0.05) is 19.9 Å². The summed E-state index contributed by atoms with van der Waals surface area (Å²) in [4.78, 5) is 37.4. The van der Waals surface area contributed by atoms with Gasteiger partial charge in [-0.05, 0) is 74.3 Å². The van der Waals surface area contributed by atoms with Gasteiger partial charge in [-0.25, -0.2) is 0 Å². The fourth-order valence-electron chi connectivity index (χ4n) is 6.26. The average Bonchev–Trinajstić information content (AvgIpc) is 2.69. The van der Waals surface area contributed by atoms with E-state index in [4.69, 9.17) is 10.5 Å². The fourth-order valence-corrected chi connectivity index (χ4v) is 6.26. The summed E-state index contributed by atoms with van der Waals surface area (Å²) in [5.41, 5.74) is 5.37. The minimum absolute atomic E-state index is 0.0489. The number of anilines is 1. The summed E-state index contributed by atoms with van der Waals surface area (Å²) >= 11 is 0. The maximum atomic E-state index is 13.4. The van der Waals surface area contributed by atoms with Crippen LogP contribution in [0.25, 0.3) is 0 Å². The second kappa shape index (κ2) is 8.52. The zero-order valence-corrected chi connectivity index (χ0v) is 18.4. The molecule has 0 saturated heterocycles. The first kappa shape index (κ1) is 21.7. The van der Waals surface area contributed by atoms with Crippen LogP contribution in [0.15, 0.2) is 24.3 Å². The number of hydrogen-bond acceptors (Lipinski definition) is 4. The van der Waals surface area contributed by atoms with Crippen LogP contribution in [0.2, 0.25) is 0 Å². The van der Waals surface area contributed by atoms with Crippen molar-refractivity contribution in [1.82, 2.24) is 5.32 Å². The van der Waals surface area contributed by atoms with Crippen molar-refractivity contribution in [1.29, 1.82) is 0 Å². The molecule has 0 radical (unpaired) electrons. The molecule has 7 nitrogen and oxygen atoms in total. The van der Waals surface area contributed by atoms with Crippen molar-refractivity contribution >= 4 is 23.4 Å². The van der Waals surface area contributed by atoms with Gasteiger partial charge in [0.2, 0.25) is 11.8 Å². The Morgan fingerprint density at radius 2 is 1.71 bits per heavy atom. The number of hydrogen-bond donors (Lipinski definition) is 3. The van der Waals surface area contributed by atoms with Gasteiger partial charge in [0.05, 0.1) is 0 Å². The molecule has 168 valence electrons. The van der Waals surface area contributed by atoms with E-state index in [1.807, 2.05) is 13.8 Å². The molecule has 4 N–H and O–H groups in total. The lowest BCUT2D eigenvalue weighted by Crippen LogP contribution is -2.57. The third-order valence-corrected chi connectivity index (χ3v) is 7.24. The van der Waals surface area contributed by atoms with Crippen LogP contribution >= 0.6 is 0 Å². The van der Waals surface area contributed by atoms with Crippen LogP contribution in [0.5, 0.6) is 5.75 Å². The van der Waals surface area contributed by atoms with Gasteiger partial charge in [-0.3, -0.25) is 14.4 Å². The van der Waals surface area contributed by atoms with Crippen LogP contribution in [0.4, 0.5) is 5.69 Å². The van der Waals surface area contributed by atoms with E-state index >= 15 is 0 Å². The van der Waals surface area contributed by atoms with Crippen molar-refractivity contribution in [3.05, 3.63) is 24.3 Å². The van der Waals surface area contributed by atoms with Gasteiger partial charge in [0, 0.05) is 17.2 Å². The van der Waals surface area contributed by atoms with Crippen LogP contribution in [-0.4, -0.2) is 30.4 Å². The number of rotatable bonds is 8. The monoisotopic (exact) mass is 427 g/mol. The fraction of sp³-hybridized carbons (Fsp3) is 0.625. The molecule has 5 rings (SSSR count). The molecule has 4 saturated carbocycles. The van der Waals surface area contributed by atoms with Crippen LogP contribution < -0.4 is 21.1 Å². The maximum absolute atomic E-state index is 13.4. The molecule has 7 heteroatoms. The van der Waals surface area contributed by atoms with Crippen LogP contribution in [0, 0.1) is 29.1 Å². The average molecular weight is 428 g/mol. The van der Waals surface area contributed by atoms with Crippen LogP contribution in [0.1, 0.15) is 52.4 Å². The molecule has 1 aromatic carbocycles. The number of nitrogens with two attached hydrogens (primary N) is 1. The smallest absolute Gasteiger partial charge is 0.255 e. The predicted molar refractivity (Wildman–Crippen MR) is 117 cm³/mol. The molecular weight excluding hydrogens is 394 g/mol. The van der Waals surface area contributed by atoms with Gasteiger partial charge < -0.3 is 21.1 Å². The molecule has 0 aromatic heterocycles. The van der Waals surface area contributed by atoms with E-state index in [1.165, 1.54) is 19.3 Å². The van der Waals surface area contributed by atoms with E-state index in [0.717, 1.165) is 19.3 Å². The summed E-state index contributed by atoms with van der Waals surface area (Å²) in [6.07, 6.45) is 6.72. The SMILES string of the molecule is CC(C)[C@H](NC(=O)C12CC3CC(CC(C3)C1)C2)C(=O)Nc1cccc(OCC(N)=O)c1. The van der Waals surface area contributed by atoms with Gasteiger partial charge in [-0.15, -0.1) is 0 Å². The highest BCUT2D eigenvalue weighted by molar-refractivity contribution is 5.98. The number of carbonyl (C=O) groups excluding carboxylic acids is 3. The highest BCUT2D eigenvalue weighted by Crippen LogP contribution is 2.60. The second-order valence-corrected chi connectivity index (χ2v) is 10.2. The molecule has 4 aliphatic carbocycles. The second-order valence-electron chi connectivity index (χ2n) is 10.2. The highest BCUT2D eigenvalue weighted by Gasteiger charge is 2.55. The molecule has 3 amide bonds. The first-order chi connectivity index (χ1) is 14.7. The number of carbonyl (C=O) groups is 3. The molecule has 4 fully saturated rings. The normalized spacial score (nSPS) is 29.5.